The summed E-state index contributed by atoms with van der Waals surface area (Å²) in [6.45, 7) is 3.51. The average molecular weight is 295 g/mol. The van der Waals surface area contributed by atoms with E-state index in [1.165, 1.54) is 0 Å². The summed E-state index contributed by atoms with van der Waals surface area (Å²) in [5.74, 6) is -1.38. The summed E-state index contributed by atoms with van der Waals surface area (Å²) in [7, 11) is -3.28. The van der Waals surface area contributed by atoms with Gasteiger partial charge in [-0.25, -0.2) is 8.42 Å². The lowest BCUT2D eigenvalue weighted by atomic mass is 9.99. The Labute approximate surface area is 117 Å². The highest BCUT2D eigenvalue weighted by molar-refractivity contribution is 7.90. The Balaban J connectivity index is 2.59. The van der Waals surface area contributed by atoms with Gasteiger partial charge in [-0.2, -0.15) is 0 Å². The van der Waals surface area contributed by atoms with Gasteiger partial charge in [-0.05, 0) is 37.1 Å². The van der Waals surface area contributed by atoms with E-state index in [0.29, 0.717) is 6.42 Å². The molecule has 0 aliphatic carbocycles. The molecule has 20 heavy (non-hydrogen) atoms. The van der Waals surface area contributed by atoms with Gasteiger partial charge in [-0.3, -0.25) is 4.79 Å². The number of aryl methyl sites for hydroxylation is 1. The van der Waals surface area contributed by atoms with Gasteiger partial charge in [0, 0.05) is 22.9 Å². The van der Waals surface area contributed by atoms with Gasteiger partial charge in [-0.1, -0.05) is 6.92 Å². The van der Waals surface area contributed by atoms with Crippen LogP contribution in [-0.4, -0.2) is 30.7 Å². The van der Waals surface area contributed by atoms with Crippen LogP contribution < -0.4 is 0 Å². The summed E-state index contributed by atoms with van der Waals surface area (Å²) < 4.78 is 23.2. The van der Waals surface area contributed by atoms with E-state index in [-0.39, 0.29) is 4.90 Å². The third kappa shape index (κ3) is 2.70. The largest absolute Gasteiger partial charge is 0.481 e. The molecule has 1 aromatic carbocycles. The number of aromatic nitrogens is 1. The molecule has 1 unspecified atom stereocenters. The Morgan fingerprint density at radius 2 is 2.05 bits per heavy atom. The number of aliphatic carboxylic acids is 1. The van der Waals surface area contributed by atoms with E-state index in [2.05, 4.69) is 4.98 Å². The minimum atomic E-state index is -3.28. The number of carboxylic acids is 1. The first kappa shape index (κ1) is 14.6. The molecule has 1 aromatic heterocycles. The lowest BCUT2D eigenvalue weighted by molar-refractivity contribution is -0.141. The maximum Gasteiger partial charge on any atom is 0.306 e. The van der Waals surface area contributed by atoms with E-state index in [1.807, 2.05) is 6.92 Å². The molecule has 0 fully saturated rings. The van der Waals surface area contributed by atoms with Gasteiger partial charge in [0.25, 0.3) is 0 Å². The maximum atomic E-state index is 11.6. The van der Waals surface area contributed by atoms with Gasteiger partial charge in [-0.15, -0.1) is 0 Å². The van der Waals surface area contributed by atoms with E-state index in [1.54, 1.807) is 25.1 Å². The monoisotopic (exact) mass is 295 g/mol. The van der Waals surface area contributed by atoms with Crippen molar-refractivity contribution in [3.05, 3.63) is 29.5 Å². The first-order chi connectivity index (χ1) is 9.20. The highest BCUT2D eigenvalue weighted by Crippen LogP contribution is 2.27. The normalized spacial score (nSPS) is 13.6. The second-order valence-corrected chi connectivity index (χ2v) is 7.17. The van der Waals surface area contributed by atoms with Gasteiger partial charge < -0.3 is 10.1 Å². The van der Waals surface area contributed by atoms with Crippen LogP contribution in [0.1, 0.15) is 18.2 Å². The third-order valence-corrected chi connectivity index (χ3v) is 4.56. The Bertz CT molecular complexity index is 774. The van der Waals surface area contributed by atoms with Crippen molar-refractivity contribution in [3.63, 3.8) is 0 Å². The molecule has 0 saturated heterocycles. The van der Waals surface area contributed by atoms with E-state index >= 15 is 0 Å². The third-order valence-electron chi connectivity index (χ3n) is 3.45. The molecule has 0 aliphatic rings. The summed E-state index contributed by atoms with van der Waals surface area (Å²) in [6, 6.07) is 4.88. The topological polar surface area (TPSA) is 87.2 Å². The van der Waals surface area contributed by atoms with E-state index in [4.69, 9.17) is 5.11 Å². The average Bonchev–Trinajstić information content (AvgIpc) is 2.64. The first-order valence-corrected chi connectivity index (χ1v) is 8.13. The number of aromatic amines is 1. The summed E-state index contributed by atoms with van der Waals surface area (Å²) in [6.07, 6.45) is 1.53. The molecule has 2 rings (SSSR count). The van der Waals surface area contributed by atoms with Gasteiger partial charge in [0.1, 0.15) is 0 Å². The smallest absolute Gasteiger partial charge is 0.306 e. The first-order valence-electron chi connectivity index (χ1n) is 6.24. The quantitative estimate of drug-likeness (QED) is 0.904. The Morgan fingerprint density at radius 3 is 2.60 bits per heavy atom. The van der Waals surface area contributed by atoms with Crippen molar-refractivity contribution in [1.82, 2.24) is 4.98 Å². The van der Waals surface area contributed by atoms with Crippen molar-refractivity contribution in [2.45, 2.75) is 25.2 Å². The molecule has 1 atom stereocenters. The summed E-state index contributed by atoms with van der Waals surface area (Å²) >= 11 is 0. The number of benzene rings is 1. The van der Waals surface area contributed by atoms with Gasteiger partial charge in [0.15, 0.2) is 9.84 Å². The molecule has 2 aromatic rings. The van der Waals surface area contributed by atoms with Crippen molar-refractivity contribution in [2.24, 2.45) is 5.92 Å². The molecular weight excluding hydrogens is 278 g/mol. The maximum absolute atomic E-state index is 11.6. The highest BCUT2D eigenvalue weighted by Gasteiger charge is 2.18. The zero-order chi connectivity index (χ0) is 15.1. The molecule has 108 valence electrons. The second kappa shape index (κ2) is 4.94. The molecule has 6 heteroatoms. The molecule has 1 heterocycles. The van der Waals surface area contributed by atoms with Crippen LogP contribution in [0.15, 0.2) is 23.1 Å². The molecule has 2 N–H and O–H groups in total. The van der Waals surface area contributed by atoms with Crippen molar-refractivity contribution < 1.29 is 18.3 Å². The van der Waals surface area contributed by atoms with Crippen molar-refractivity contribution in [3.8, 4) is 0 Å². The molecule has 0 aliphatic heterocycles. The van der Waals surface area contributed by atoms with Gasteiger partial charge >= 0.3 is 5.97 Å². The number of sulfone groups is 1. The van der Waals surface area contributed by atoms with Crippen LogP contribution in [0.2, 0.25) is 0 Å². The minimum absolute atomic E-state index is 0.244. The van der Waals surface area contributed by atoms with E-state index < -0.39 is 21.7 Å². The van der Waals surface area contributed by atoms with Crippen LogP contribution in [0.5, 0.6) is 0 Å². The van der Waals surface area contributed by atoms with Crippen LogP contribution in [0.25, 0.3) is 10.9 Å². The number of hydrogen-bond donors (Lipinski definition) is 2. The van der Waals surface area contributed by atoms with E-state index in [9.17, 15) is 13.2 Å². The van der Waals surface area contributed by atoms with Crippen LogP contribution in [-0.2, 0) is 21.1 Å². The summed E-state index contributed by atoms with van der Waals surface area (Å²) in [5.41, 5.74) is 2.56. The standard InChI is InChI=1S/C14H17NO4S/c1-8(14(16)17)6-11-9(2)15-13-5-4-10(7-12(11)13)20(3,18)19/h4-5,7-8,15H,6H2,1-3H3,(H,16,17). The van der Waals surface area contributed by atoms with Crippen molar-refractivity contribution >= 4 is 26.7 Å². The highest BCUT2D eigenvalue weighted by atomic mass is 32.2. The summed E-state index contributed by atoms with van der Waals surface area (Å²) in [4.78, 5) is 14.4. The molecule has 0 radical (unpaired) electrons. The zero-order valence-corrected chi connectivity index (χ0v) is 12.4. The SMILES string of the molecule is Cc1[nH]c2ccc(S(C)(=O)=O)cc2c1CC(C)C(=O)O. The van der Waals surface area contributed by atoms with Gasteiger partial charge in [0.2, 0.25) is 0 Å². The number of carboxylic acid groups (broad SMARTS) is 1. The molecule has 0 bridgehead atoms. The van der Waals surface area contributed by atoms with Crippen molar-refractivity contribution in [2.75, 3.05) is 6.26 Å². The lowest BCUT2D eigenvalue weighted by Crippen LogP contribution is -2.12. The Morgan fingerprint density at radius 1 is 1.40 bits per heavy atom. The number of carbonyl (C=O) groups is 1. The lowest BCUT2D eigenvalue weighted by Gasteiger charge is -2.07. The Hall–Kier alpha value is -1.82. The number of H-pyrrole nitrogens is 1. The molecule has 5 nitrogen and oxygen atoms in total. The van der Waals surface area contributed by atoms with Crippen LogP contribution in [0.4, 0.5) is 0 Å². The van der Waals surface area contributed by atoms with Crippen LogP contribution in [0.3, 0.4) is 0 Å². The second-order valence-electron chi connectivity index (χ2n) is 5.15. The predicted molar refractivity (Wildman–Crippen MR) is 76.6 cm³/mol. The number of nitrogens with one attached hydrogen (secondary N) is 1. The van der Waals surface area contributed by atoms with Crippen molar-refractivity contribution in [1.29, 1.82) is 0 Å². The summed E-state index contributed by atoms with van der Waals surface area (Å²) in [5, 5.41) is 9.80. The van der Waals surface area contributed by atoms with Crippen LogP contribution in [0, 0.1) is 12.8 Å². The van der Waals surface area contributed by atoms with Gasteiger partial charge in [0.05, 0.1) is 10.8 Å². The molecule has 0 spiro atoms. The number of hydrogen-bond acceptors (Lipinski definition) is 3. The van der Waals surface area contributed by atoms with Crippen LogP contribution >= 0.6 is 0 Å². The van der Waals surface area contributed by atoms with E-state index in [0.717, 1.165) is 28.4 Å². The predicted octanol–water partition coefficient (Wildman–Crippen LogP) is 2.14. The molecule has 0 amide bonds. The number of fused-ring (bicyclic) bond motifs is 1. The zero-order valence-electron chi connectivity index (χ0n) is 11.6. The fourth-order valence-corrected chi connectivity index (χ4v) is 2.90. The fourth-order valence-electron chi connectivity index (χ4n) is 2.25. The molecule has 0 saturated carbocycles. The number of rotatable bonds is 4. The Kier molecular flexibility index (Phi) is 3.60. The minimum Gasteiger partial charge on any atom is -0.481 e. The fraction of sp³-hybridized carbons (Fsp3) is 0.357. The molecular formula is C14H17NO4S.